The standard InChI is InChI=1S/C14H17N3OS2/c1-2-17-13(12-8-5-9-19-12)15-16-14(17)20-11-7-4-3-6-10(11)18/h5,8-9,11H,2-4,6-7H2,1H3/t11-/m1/s1. The fourth-order valence-electron chi connectivity index (χ4n) is 2.45. The van der Waals surface area contributed by atoms with Gasteiger partial charge in [-0.25, -0.2) is 0 Å². The maximum Gasteiger partial charge on any atom is 0.192 e. The van der Waals surface area contributed by atoms with Gasteiger partial charge in [0.15, 0.2) is 11.0 Å². The predicted molar refractivity (Wildman–Crippen MR) is 82.1 cm³/mol. The Hall–Kier alpha value is -1.14. The van der Waals surface area contributed by atoms with Crippen LogP contribution >= 0.6 is 23.1 Å². The van der Waals surface area contributed by atoms with Gasteiger partial charge < -0.3 is 4.57 Å². The second-order valence-corrected chi connectivity index (χ2v) is 6.96. The molecule has 2 aromatic heterocycles. The maximum atomic E-state index is 12.0. The van der Waals surface area contributed by atoms with Crippen LogP contribution in [0.15, 0.2) is 22.7 Å². The fourth-order valence-corrected chi connectivity index (χ4v) is 4.39. The zero-order valence-corrected chi connectivity index (χ0v) is 13.0. The minimum atomic E-state index is 0.0643. The molecule has 0 aromatic carbocycles. The molecule has 0 aliphatic heterocycles. The zero-order chi connectivity index (χ0) is 13.9. The first-order chi connectivity index (χ1) is 9.79. The molecular formula is C14H17N3OS2. The van der Waals surface area contributed by atoms with Crippen molar-refractivity contribution in [2.45, 2.75) is 49.6 Å². The van der Waals surface area contributed by atoms with Gasteiger partial charge in [-0.1, -0.05) is 24.2 Å². The van der Waals surface area contributed by atoms with Gasteiger partial charge in [-0.2, -0.15) is 0 Å². The molecule has 2 aromatic rings. The largest absolute Gasteiger partial charge is 0.302 e. The summed E-state index contributed by atoms with van der Waals surface area (Å²) in [6.45, 7) is 2.91. The van der Waals surface area contributed by atoms with E-state index in [2.05, 4.69) is 27.8 Å². The second kappa shape index (κ2) is 6.10. The number of thiophene rings is 1. The first-order valence-corrected chi connectivity index (χ1v) is 8.72. The minimum absolute atomic E-state index is 0.0643. The summed E-state index contributed by atoms with van der Waals surface area (Å²) < 4.78 is 2.11. The number of aromatic nitrogens is 3. The first-order valence-electron chi connectivity index (χ1n) is 6.96. The summed E-state index contributed by atoms with van der Waals surface area (Å²) in [6, 6.07) is 4.08. The smallest absolute Gasteiger partial charge is 0.192 e. The van der Waals surface area contributed by atoms with Crippen LogP contribution in [0, 0.1) is 0 Å². The van der Waals surface area contributed by atoms with E-state index < -0.39 is 0 Å². The molecule has 1 aliphatic carbocycles. The van der Waals surface area contributed by atoms with E-state index >= 15 is 0 Å². The highest BCUT2D eigenvalue weighted by Gasteiger charge is 2.26. The molecule has 1 saturated carbocycles. The van der Waals surface area contributed by atoms with Crippen LogP contribution in [0.3, 0.4) is 0 Å². The van der Waals surface area contributed by atoms with Gasteiger partial charge in [-0.3, -0.25) is 4.79 Å². The van der Waals surface area contributed by atoms with Gasteiger partial charge >= 0.3 is 0 Å². The number of ketones is 1. The summed E-state index contributed by atoms with van der Waals surface area (Å²) in [7, 11) is 0. The molecule has 6 heteroatoms. The maximum absolute atomic E-state index is 12.0. The molecular weight excluding hydrogens is 290 g/mol. The summed E-state index contributed by atoms with van der Waals surface area (Å²) in [4.78, 5) is 13.1. The number of nitrogens with zero attached hydrogens (tertiary/aromatic N) is 3. The summed E-state index contributed by atoms with van der Waals surface area (Å²) in [6.07, 6.45) is 3.86. The van der Waals surface area contributed by atoms with Crippen LogP contribution in [0.5, 0.6) is 0 Å². The molecule has 4 nitrogen and oxygen atoms in total. The van der Waals surface area contributed by atoms with E-state index in [0.29, 0.717) is 5.78 Å². The van der Waals surface area contributed by atoms with Gasteiger partial charge in [0.1, 0.15) is 5.78 Å². The third-order valence-corrected chi connectivity index (χ3v) is 5.68. The van der Waals surface area contributed by atoms with E-state index in [4.69, 9.17) is 0 Å². The Labute approximate surface area is 126 Å². The number of hydrogen-bond donors (Lipinski definition) is 0. The quantitative estimate of drug-likeness (QED) is 0.865. The Balaban J connectivity index is 1.85. The van der Waals surface area contributed by atoms with Crippen LogP contribution in [0.2, 0.25) is 0 Å². The molecule has 0 radical (unpaired) electrons. The van der Waals surface area contributed by atoms with E-state index in [1.165, 1.54) is 0 Å². The fraction of sp³-hybridized carbons (Fsp3) is 0.500. The summed E-state index contributed by atoms with van der Waals surface area (Å²) in [5, 5.41) is 11.6. The van der Waals surface area contributed by atoms with Crippen LogP contribution in [-0.2, 0) is 11.3 Å². The molecule has 0 amide bonds. The van der Waals surface area contributed by atoms with Gasteiger partial charge in [-0.05, 0) is 31.2 Å². The van der Waals surface area contributed by atoms with Crippen molar-refractivity contribution in [3.05, 3.63) is 17.5 Å². The third kappa shape index (κ3) is 2.67. The van der Waals surface area contributed by atoms with Crippen molar-refractivity contribution < 1.29 is 4.79 Å². The highest BCUT2D eigenvalue weighted by Crippen LogP contribution is 2.33. The molecule has 0 unspecified atom stereocenters. The summed E-state index contributed by atoms with van der Waals surface area (Å²) in [5.41, 5.74) is 0. The zero-order valence-electron chi connectivity index (χ0n) is 11.4. The highest BCUT2D eigenvalue weighted by molar-refractivity contribution is 8.00. The van der Waals surface area contributed by atoms with Crippen LogP contribution in [0.25, 0.3) is 10.7 Å². The molecule has 20 heavy (non-hydrogen) atoms. The van der Waals surface area contributed by atoms with Crippen molar-refractivity contribution in [2.24, 2.45) is 0 Å². The monoisotopic (exact) mass is 307 g/mol. The average Bonchev–Trinajstić information content (AvgIpc) is 3.10. The lowest BCUT2D eigenvalue weighted by molar-refractivity contribution is -0.119. The van der Waals surface area contributed by atoms with Gasteiger partial charge in [0.25, 0.3) is 0 Å². The van der Waals surface area contributed by atoms with Gasteiger partial charge in [0, 0.05) is 13.0 Å². The SMILES string of the molecule is CCn1c(S[C@@H]2CCCCC2=O)nnc1-c1cccs1. The topological polar surface area (TPSA) is 47.8 Å². The average molecular weight is 307 g/mol. The lowest BCUT2D eigenvalue weighted by Gasteiger charge is -2.19. The van der Waals surface area contributed by atoms with Crippen LogP contribution in [-0.4, -0.2) is 25.8 Å². The molecule has 1 aliphatic rings. The van der Waals surface area contributed by atoms with E-state index in [0.717, 1.165) is 48.1 Å². The number of carbonyl (C=O) groups is 1. The second-order valence-electron chi connectivity index (χ2n) is 4.85. The van der Waals surface area contributed by atoms with E-state index in [9.17, 15) is 4.79 Å². The van der Waals surface area contributed by atoms with Crippen molar-refractivity contribution in [1.29, 1.82) is 0 Å². The van der Waals surface area contributed by atoms with E-state index in [-0.39, 0.29) is 5.25 Å². The Bertz CT molecular complexity index is 592. The predicted octanol–water partition coefficient (Wildman–Crippen LogP) is 3.63. The van der Waals surface area contributed by atoms with Crippen LogP contribution in [0.4, 0.5) is 0 Å². The first kappa shape index (κ1) is 13.8. The number of Topliss-reactive ketones (excluding diaryl/α,β-unsaturated/α-hetero) is 1. The molecule has 0 N–H and O–H groups in total. The molecule has 0 saturated heterocycles. The van der Waals surface area contributed by atoms with E-state index in [1.807, 2.05) is 11.4 Å². The molecule has 1 atom stereocenters. The van der Waals surface area contributed by atoms with Crippen molar-refractivity contribution in [3.8, 4) is 10.7 Å². The Morgan fingerprint density at radius 2 is 2.35 bits per heavy atom. The number of carbonyl (C=O) groups excluding carboxylic acids is 1. The highest BCUT2D eigenvalue weighted by atomic mass is 32.2. The summed E-state index contributed by atoms with van der Waals surface area (Å²) >= 11 is 3.25. The van der Waals surface area contributed by atoms with E-state index in [1.54, 1.807) is 23.1 Å². The Kier molecular flexibility index (Phi) is 4.21. The van der Waals surface area contributed by atoms with Crippen molar-refractivity contribution in [1.82, 2.24) is 14.8 Å². The minimum Gasteiger partial charge on any atom is -0.302 e. The van der Waals surface area contributed by atoms with Crippen molar-refractivity contribution >= 4 is 28.9 Å². The molecule has 0 bridgehead atoms. The molecule has 3 rings (SSSR count). The molecule has 0 spiro atoms. The normalized spacial score (nSPS) is 19.4. The number of rotatable bonds is 4. The van der Waals surface area contributed by atoms with Crippen molar-refractivity contribution in [2.75, 3.05) is 0 Å². The van der Waals surface area contributed by atoms with Gasteiger partial charge in [0.05, 0.1) is 10.1 Å². The summed E-state index contributed by atoms with van der Waals surface area (Å²) in [5.74, 6) is 1.28. The van der Waals surface area contributed by atoms with Gasteiger partial charge in [0.2, 0.25) is 0 Å². The van der Waals surface area contributed by atoms with Crippen LogP contribution in [0.1, 0.15) is 32.6 Å². The van der Waals surface area contributed by atoms with Crippen molar-refractivity contribution in [3.63, 3.8) is 0 Å². The Morgan fingerprint density at radius 1 is 1.45 bits per heavy atom. The Morgan fingerprint density at radius 3 is 3.05 bits per heavy atom. The van der Waals surface area contributed by atoms with Gasteiger partial charge in [-0.15, -0.1) is 21.5 Å². The lowest BCUT2D eigenvalue weighted by atomic mass is 9.99. The molecule has 1 fully saturated rings. The van der Waals surface area contributed by atoms with Crippen LogP contribution < -0.4 is 0 Å². The number of thioether (sulfide) groups is 1. The lowest BCUT2D eigenvalue weighted by Crippen LogP contribution is -2.21. The number of hydrogen-bond acceptors (Lipinski definition) is 5. The molecule has 2 heterocycles. The molecule has 106 valence electrons. The third-order valence-electron chi connectivity index (χ3n) is 3.52.